The van der Waals surface area contributed by atoms with Gasteiger partial charge in [0.15, 0.2) is 5.58 Å². The van der Waals surface area contributed by atoms with Crippen LogP contribution in [0.5, 0.6) is 0 Å². The van der Waals surface area contributed by atoms with Crippen molar-refractivity contribution >= 4 is 27.8 Å². The fourth-order valence-electron chi connectivity index (χ4n) is 3.02. The van der Waals surface area contributed by atoms with E-state index in [2.05, 4.69) is 26.1 Å². The standard InChI is InChI=1S/C21H19NO3/c1-21(2,3)22-19-16(13-9-5-4-6-10-13)17-18(25-19)14-11-7-8-12-15(14)24-20(17)23/h4-12,22H,1-3H3. The third-order valence-corrected chi connectivity index (χ3v) is 4.00. The maximum Gasteiger partial charge on any atom is 0.348 e. The molecule has 0 saturated heterocycles. The van der Waals surface area contributed by atoms with Crippen molar-refractivity contribution < 1.29 is 8.83 Å². The number of fused-ring (bicyclic) bond motifs is 3. The van der Waals surface area contributed by atoms with Crippen LogP contribution >= 0.6 is 0 Å². The number of benzene rings is 2. The summed E-state index contributed by atoms with van der Waals surface area (Å²) in [5.41, 5.74) is 2.12. The summed E-state index contributed by atoms with van der Waals surface area (Å²) in [6, 6.07) is 17.2. The molecular formula is C21H19NO3. The first-order valence-electron chi connectivity index (χ1n) is 8.26. The van der Waals surface area contributed by atoms with E-state index in [9.17, 15) is 4.79 Å². The second-order valence-corrected chi connectivity index (χ2v) is 7.14. The topological polar surface area (TPSA) is 55.4 Å². The molecule has 4 rings (SSSR count). The number of para-hydroxylation sites is 1. The quantitative estimate of drug-likeness (QED) is 0.498. The summed E-state index contributed by atoms with van der Waals surface area (Å²) in [7, 11) is 0. The van der Waals surface area contributed by atoms with E-state index in [0.717, 1.165) is 16.5 Å². The van der Waals surface area contributed by atoms with Crippen LogP contribution in [0.4, 0.5) is 5.88 Å². The zero-order valence-electron chi connectivity index (χ0n) is 14.4. The van der Waals surface area contributed by atoms with E-state index in [1.807, 2.05) is 48.5 Å². The summed E-state index contributed by atoms with van der Waals surface area (Å²) in [4.78, 5) is 12.7. The summed E-state index contributed by atoms with van der Waals surface area (Å²) in [5.74, 6) is 0.581. The number of nitrogens with one attached hydrogen (secondary N) is 1. The molecule has 0 aliphatic carbocycles. The zero-order valence-corrected chi connectivity index (χ0v) is 14.4. The average molecular weight is 333 g/mol. The van der Waals surface area contributed by atoms with Gasteiger partial charge in [0.05, 0.1) is 10.9 Å². The Kier molecular flexibility index (Phi) is 3.42. The van der Waals surface area contributed by atoms with E-state index in [4.69, 9.17) is 8.83 Å². The number of hydrogen-bond donors (Lipinski definition) is 1. The minimum absolute atomic E-state index is 0.215. The van der Waals surface area contributed by atoms with Gasteiger partial charge in [-0.15, -0.1) is 0 Å². The van der Waals surface area contributed by atoms with Gasteiger partial charge in [-0.25, -0.2) is 4.79 Å². The Bertz CT molecular complexity index is 1120. The lowest BCUT2D eigenvalue weighted by Crippen LogP contribution is -2.26. The first-order valence-corrected chi connectivity index (χ1v) is 8.26. The van der Waals surface area contributed by atoms with Crippen LogP contribution < -0.4 is 10.9 Å². The van der Waals surface area contributed by atoms with Gasteiger partial charge in [0.25, 0.3) is 0 Å². The summed E-state index contributed by atoms with van der Waals surface area (Å²) >= 11 is 0. The first kappa shape index (κ1) is 15.5. The normalized spacial score (nSPS) is 12.0. The molecule has 0 atom stereocenters. The van der Waals surface area contributed by atoms with E-state index < -0.39 is 5.63 Å². The molecular weight excluding hydrogens is 314 g/mol. The molecule has 0 aliphatic heterocycles. The van der Waals surface area contributed by atoms with Crippen LogP contribution in [-0.4, -0.2) is 5.54 Å². The largest absolute Gasteiger partial charge is 0.439 e. The highest BCUT2D eigenvalue weighted by atomic mass is 16.4. The fraction of sp³-hybridized carbons (Fsp3) is 0.190. The van der Waals surface area contributed by atoms with Gasteiger partial charge in [-0.1, -0.05) is 42.5 Å². The molecule has 0 radical (unpaired) electrons. The maximum atomic E-state index is 12.7. The van der Waals surface area contributed by atoms with Crippen molar-refractivity contribution in [2.24, 2.45) is 0 Å². The van der Waals surface area contributed by atoms with Crippen molar-refractivity contribution in [1.82, 2.24) is 0 Å². The number of rotatable bonds is 2. The highest BCUT2D eigenvalue weighted by Crippen LogP contribution is 2.40. The second-order valence-electron chi connectivity index (χ2n) is 7.14. The van der Waals surface area contributed by atoms with Gasteiger partial charge in [-0.3, -0.25) is 0 Å². The molecule has 0 bridgehead atoms. The average Bonchev–Trinajstić information content (AvgIpc) is 2.93. The number of hydrogen-bond acceptors (Lipinski definition) is 4. The number of anilines is 1. The van der Waals surface area contributed by atoms with Crippen molar-refractivity contribution in [2.75, 3.05) is 5.32 Å². The monoisotopic (exact) mass is 333 g/mol. The molecule has 0 spiro atoms. The van der Waals surface area contributed by atoms with Crippen LogP contribution in [-0.2, 0) is 0 Å². The molecule has 0 saturated carbocycles. The second kappa shape index (κ2) is 5.52. The molecule has 0 unspecified atom stereocenters. The van der Waals surface area contributed by atoms with E-state index in [1.54, 1.807) is 6.07 Å². The Hall–Kier alpha value is -3.01. The summed E-state index contributed by atoms with van der Waals surface area (Å²) in [5, 5.41) is 4.64. The maximum absolute atomic E-state index is 12.7. The van der Waals surface area contributed by atoms with E-state index in [1.165, 1.54) is 0 Å². The van der Waals surface area contributed by atoms with E-state index in [-0.39, 0.29) is 5.54 Å². The minimum Gasteiger partial charge on any atom is -0.439 e. The van der Waals surface area contributed by atoms with Gasteiger partial charge in [0.1, 0.15) is 11.0 Å². The molecule has 4 heteroatoms. The molecule has 2 aromatic heterocycles. The molecule has 25 heavy (non-hydrogen) atoms. The van der Waals surface area contributed by atoms with Crippen molar-refractivity contribution in [3.8, 4) is 11.1 Å². The smallest absolute Gasteiger partial charge is 0.348 e. The fourth-order valence-corrected chi connectivity index (χ4v) is 3.02. The lowest BCUT2D eigenvalue weighted by atomic mass is 10.0. The molecule has 4 aromatic rings. The molecule has 126 valence electrons. The van der Waals surface area contributed by atoms with Crippen LogP contribution in [0.3, 0.4) is 0 Å². The predicted octanol–water partition coefficient (Wildman–Crippen LogP) is 5.42. The third-order valence-electron chi connectivity index (χ3n) is 4.00. The zero-order chi connectivity index (χ0) is 17.6. The van der Waals surface area contributed by atoms with Crippen molar-refractivity contribution in [3.63, 3.8) is 0 Å². The Morgan fingerprint density at radius 1 is 0.880 bits per heavy atom. The van der Waals surface area contributed by atoms with Gasteiger partial charge < -0.3 is 14.2 Å². The first-order chi connectivity index (χ1) is 11.9. The highest BCUT2D eigenvalue weighted by molar-refractivity contribution is 6.09. The summed E-state index contributed by atoms with van der Waals surface area (Å²) in [6.45, 7) is 6.15. The molecule has 1 N–H and O–H groups in total. The molecule has 0 fully saturated rings. The van der Waals surface area contributed by atoms with Crippen LogP contribution in [0.25, 0.3) is 33.1 Å². The van der Waals surface area contributed by atoms with Crippen LogP contribution in [0.2, 0.25) is 0 Å². The van der Waals surface area contributed by atoms with Crippen LogP contribution in [0.1, 0.15) is 20.8 Å². The van der Waals surface area contributed by atoms with Gasteiger partial charge in [0, 0.05) is 5.54 Å². The van der Waals surface area contributed by atoms with E-state index in [0.29, 0.717) is 22.4 Å². The Labute approximate surface area is 145 Å². The van der Waals surface area contributed by atoms with Gasteiger partial charge in [0.2, 0.25) is 5.88 Å². The third kappa shape index (κ3) is 2.70. The van der Waals surface area contributed by atoms with Gasteiger partial charge in [-0.05, 0) is 38.5 Å². The van der Waals surface area contributed by atoms with Gasteiger partial charge in [-0.2, -0.15) is 0 Å². The van der Waals surface area contributed by atoms with Gasteiger partial charge >= 0.3 is 5.63 Å². The minimum atomic E-state index is -0.390. The SMILES string of the molecule is CC(C)(C)Nc1oc2c(c1-c1ccccc1)c(=O)oc1ccccc12. The van der Waals surface area contributed by atoms with Crippen LogP contribution in [0, 0.1) is 0 Å². The Morgan fingerprint density at radius 3 is 2.28 bits per heavy atom. The molecule has 0 aliphatic rings. The van der Waals surface area contributed by atoms with Crippen molar-refractivity contribution in [1.29, 1.82) is 0 Å². The predicted molar refractivity (Wildman–Crippen MR) is 101 cm³/mol. The highest BCUT2D eigenvalue weighted by Gasteiger charge is 2.24. The van der Waals surface area contributed by atoms with E-state index >= 15 is 0 Å². The molecule has 0 amide bonds. The Morgan fingerprint density at radius 2 is 1.56 bits per heavy atom. The Balaban J connectivity index is 2.14. The van der Waals surface area contributed by atoms with Crippen LogP contribution in [0.15, 0.2) is 68.2 Å². The molecule has 2 aromatic carbocycles. The molecule has 4 nitrogen and oxygen atoms in total. The summed E-state index contributed by atoms with van der Waals surface area (Å²) < 4.78 is 11.7. The summed E-state index contributed by atoms with van der Waals surface area (Å²) in [6.07, 6.45) is 0. The van der Waals surface area contributed by atoms with Crippen molar-refractivity contribution in [2.45, 2.75) is 26.3 Å². The lowest BCUT2D eigenvalue weighted by molar-refractivity contribution is 0.557. The van der Waals surface area contributed by atoms with Crippen molar-refractivity contribution in [3.05, 3.63) is 65.0 Å². The lowest BCUT2D eigenvalue weighted by Gasteiger charge is -2.20. The number of furan rings is 1. The molecule has 2 heterocycles.